The van der Waals surface area contributed by atoms with Gasteiger partial charge in [0.05, 0.1) is 19.3 Å². The second-order valence-corrected chi connectivity index (χ2v) is 5.37. The van der Waals surface area contributed by atoms with Crippen LogP contribution in [0.2, 0.25) is 0 Å². The van der Waals surface area contributed by atoms with Crippen molar-refractivity contribution in [3.8, 4) is 5.75 Å². The van der Waals surface area contributed by atoms with E-state index < -0.39 is 0 Å². The van der Waals surface area contributed by atoms with Gasteiger partial charge in [0.2, 0.25) is 0 Å². The van der Waals surface area contributed by atoms with Crippen LogP contribution in [-0.4, -0.2) is 69.3 Å². The molecule has 0 bridgehead atoms. The fourth-order valence-electron chi connectivity index (χ4n) is 2.38. The molecule has 0 amide bonds. The summed E-state index contributed by atoms with van der Waals surface area (Å²) in [4.78, 5) is 16.3. The van der Waals surface area contributed by atoms with Gasteiger partial charge in [0.1, 0.15) is 5.75 Å². The second kappa shape index (κ2) is 8.00. The third kappa shape index (κ3) is 5.02. The second-order valence-electron chi connectivity index (χ2n) is 5.37. The molecule has 1 heterocycles. The number of hydrogen-bond donors (Lipinski definition) is 0. The molecular formula is C16H24N2O3. The average molecular weight is 292 g/mol. The highest BCUT2D eigenvalue weighted by atomic mass is 16.5. The van der Waals surface area contributed by atoms with Crippen molar-refractivity contribution < 1.29 is 14.3 Å². The molecule has 0 radical (unpaired) electrons. The Hall–Kier alpha value is -1.59. The topological polar surface area (TPSA) is 42.0 Å². The maximum absolute atomic E-state index is 11.4. The Labute approximate surface area is 126 Å². The summed E-state index contributed by atoms with van der Waals surface area (Å²) >= 11 is 0. The summed E-state index contributed by atoms with van der Waals surface area (Å²) in [6, 6.07) is 7.12. The summed E-state index contributed by atoms with van der Waals surface area (Å²) in [6.07, 6.45) is 0.992. The largest absolute Gasteiger partial charge is 0.494 e. The predicted molar refractivity (Wildman–Crippen MR) is 81.8 cm³/mol. The third-order valence-corrected chi connectivity index (χ3v) is 3.74. The van der Waals surface area contributed by atoms with Crippen LogP contribution in [0.1, 0.15) is 16.8 Å². The highest BCUT2D eigenvalue weighted by Gasteiger charge is 2.13. The number of carbonyl (C=O) groups excluding carboxylic acids is 1. The number of carbonyl (C=O) groups is 1. The van der Waals surface area contributed by atoms with E-state index in [1.165, 1.54) is 7.11 Å². The van der Waals surface area contributed by atoms with Crippen LogP contribution in [0.4, 0.5) is 0 Å². The molecule has 0 atom stereocenters. The molecule has 116 valence electrons. The van der Waals surface area contributed by atoms with Crippen LogP contribution >= 0.6 is 0 Å². The van der Waals surface area contributed by atoms with Gasteiger partial charge in [-0.15, -0.1) is 0 Å². The number of rotatable bonds is 6. The van der Waals surface area contributed by atoms with Gasteiger partial charge in [0.25, 0.3) is 0 Å². The van der Waals surface area contributed by atoms with Crippen molar-refractivity contribution in [2.24, 2.45) is 0 Å². The maximum Gasteiger partial charge on any atom is 0.337 e. The molecule has 1 aromatic rings. The van der Waals surface area contributed by atoms with Crippen molar-refractivity contribution in [1.29, 1.82) is 0 Å². The number of ether oxygens (including phenoxy) is 2. The fraction of sp³-hybridized carbons (Fsp3) is 0.562. The number of likely N-dealkylation sites (N-methyl/N-ethyl adjacent to an activating group) is 1. The zero-order valence-corrected chi connectivity index (χ0v) is 12.9. The van der Waals surface area contributed by atoms with Crippen molar-refractivity contribution in [3.05, 3.63) is 29.8 Å². The molecule has 1 aliphatic heterocycles. The first-order valence-electron chi connectivity index (χ1n) is 7.41. The smallest absolute Gasteiger partial charge is 0.337 e. The molecule has 1 saturated heterocycles. The number of benzene rings is 1. The molecule has 21 heavy (non-hydrogen) atoms. The van der Waals surface area contributed by atoms with Crippen LogP contribution in [0.5, 0.6) is 5.75 Å². The van der Waals surface area contributed by atoms with Gasteiger partial charge in [0.15, 0.2) is 0 Å². The summed E-state index contributed by atoms with van der Waals surface area (Å²) in [7, 11) is 3.54. The Morgan fingerprint density at radius 2 is 2.00 bits per heavy atom. The van der Waals surface area contributed by atoms with Crippen molar-refractivity contribution in [2.45, 2.75) is 6.42 Å². The molecule has 0 unspecified atom stereocenters. The van der Waals surface area contributed by atoms with Crippen molar-refractivity contribution in [1.82, 2.24) is 9.80 Å². The quantitative estimate of drug-likeness (QED) is 0.587. The number of esters is 1. The van der Waals surface area contributed by atoms with Gasteiger partial charge >= 0.3 is 5.97 Å². The highest BCUT2D eigenvalue weighted by molar-refractivity contribution is 5.89. The monoisotopic (exact) mass is 292 g/mol. The Morgan fingerprint density at radius 3 is 2.71 bits per heavy atom. The van der Waals surface area contributed by atoms with Gasteiger partial charge in [0, 0.05) is 32.7 Å². The molecule has 1 aromatic carbocycles. The van der Waals surface area contributed by atoms with E-state index in [1.807, 2.05) is 12.1 Å². The van der Waals surface area contributed by atoms with E-state index in [2.05, 4.69) is 16.8 Å². The minimum absolute atomic E-state index is 0.335. The zero-order valence-electron chi connectivity index (χ0n) is 12.9. The maximum atomic E-state index is 11.4. The van der Waals surface area contributed by atoms with E-state index in [9.17, 15) is 4.79 Å². The summed E-state index contributed by atoms with van der Waals surface area (Å²) in [5, 5.41) is 0. The van der Waals surface area contributed by atoms with Crippen molar-refractivity contribution >= 4 is 5.97 Å². The van der Waals surface area contributed by atoms with E-state index in [0.29, 0.717) is 12.2 Å². The van der Waals surface area contributed by atoms with E-state index >= 15 is 0 Å². The lowest BCUT2D eigenvalue weighted by molar-refractivity contribution is 0.0600. The molecule has 2 rings (SSSR count). The first kappa shape index (κ1) is 15.8. The standard InChI is InChI=1S/C16H24N2O3/c1-17-8-10-18(11-9-17)7-4-12-21-15-6-3-5-14(13-15)16(19)20-2/h3,5-6,13H,4,7-12H2,1-2H3. The first-order valence-corrected chi connectivity index (χ1v) is 7.41. The molecular weight excluding hydrogens is 268 g/mol. The van der Waals surface area contributed by atoms with E-state index in [-0.39, 0.29) is 5.97 Å². The summed E-state index contributed by atoms with van der Waals surface area (Å²) in [5.74, 6) is 0.383. The fourth-order valence-corrected chi connectivity index (χ4v) is 2.38. The molecule has 1 fully saturated rings. The van der Waals surface area contributed by atoms with E-state index in [4.69, 9.17) is 9.47 Å². The molecule has 5 heteroatoms. The summed E-state index contributed by atoms with van der Waals surface area (Å²) in [6.45, 7) is 6.27. The molecule has 0 aromatic heterocycles. The van der Waals surface area contributed by atoms with Gasteiger partial charge in [-0.1, -0.05) is 6.07 Å². The lowest BCUT2D eigenvalue weighted by Crippen LogP contribution is -2.44. The zero-order chi connectivity index (χ0) is 15.1. The van der Waals surface area contributed by atoms with Crippen molar-refractivity contribution in [3.63, 3.8) is 0 Å². The van der Waals surface area contributed by atoms with Crippen LogP contribution in [0.25, 0.3) is 0 Å². The minimum atomic E-state index is -0.335. The minimum Gasteiger partial charge on any atom is -0.494 e. The number of hydrogen-bond acceptors (Lipinski definition) is 5. The van der Waals surface area contributed by atoms with Gasteiger partial charge in [-0.25, -0.2) is 4.79 Å². The van der Waals surface area contributed by atoms with Gasteiger partial charge in [-0.05, 0) is 31.7 Å². The third-order valence-electron chi connectivity index (χ3n) is 3.74. The molecule has 0 aliphatic carbocycles. The number of nitrogens with zero attached hydrogens (tertiary/aromatic N) is 2. The van der Waals surface area contributed by atoms with Crippen LogP contribution in [0.15, 0.2) is 24.3 Å². The molecule has 0 saturated carbocycles. The number of piperazine rings is 1. The van der Waals surface area contributed by atoms with Crippen molar-refractivity contribution in [2.75, 3.05) is 53.5 Å². The predicted octanol–water partition coefficient (Wildman–Crippen LogP) is 1.49. The molecule has 1 aliphatic rings. The van der Waals surface area contributed by atoms with Crippen LogP contribution in [0, 0.1) is 0 Å². The summed E-state index contributed by atoms with van der Waals surface area (Å²) in [5.41, 5.74) is 0.522. The Bertz CT molecular complexity index is 457. The van der Waals surface area contributed by atoms with Gasteiger partial charge in [-0.2, -0.15) is 0 Å². The lowest BCUT2D eigenvalue weighted by Gasteiger charge is -2.32. The molecule has 0 N–H and O–H groups in total. The molecule has 5 nitrogen and oxygen atoms in total. The number of methoxy groups -OCH3 is 1. The van der Waals surface area contributed by atoms with Crippen LogP contribution in [0.3, 0.4) is 0 Å². The van der Waals surface area contributed by atoms with Crippen LogP contribution in [-0.2, 0) is 4.74 Å². The van der Waals surface area contributed by atoms with E-state index in [1.54, 1.807) is 12.1 Å². The van der Waals surface area contributed by atoms with Gasteiger partial charge < -0.3 is 19.3 Å². The highest BCUT2D eigenvalue weighted by Crippen LogP contribution is 2.14. The Morgan fingerprint density at radius 1 is 1.24 bits per heavy atom. The Balaban J connectivity index is 1.70. The van der Waals surface area contributed by atoms with Crippen LogP contribution < -0.4 is 4.74 Å². The molecule has 0 spiro atoms. The Kier molecular flexibility index (Phi) is 6.02. The average Bonchev–Trinajstić information content (AvgIpc) is 2.53. The normalized spacial score (nSPS) is 16.7. The first-order chi connectivity index (χ1) is 10.2. The lowest BCUT2D eigenvalue weighted by atomic mass is 10.2. The SMILES string of the molecule is COC(=O)c1cccc(OCCCN2CCN(C)CC2)c1. The summed E-state index contributed by atoms with van der Waals surface area (Å²) < 4.78 is 10.4. The van der Waals surface area contributed by atoms with Gasteiger partial charge in [-0.3, -0.25) is 0 Å². The van der Waals surface area contributed by atoms with E-state index in [0.717, 1.165) is 44.9 Å².